The van der Waals surface area contributed by atoms with E-state index in [9.17, 15) is 4.79 Å². The van der Waals surface area contributed by atoms with E-state index in [1.165, 1.54) is 40.5 Å². The largest absolute Gasteiger partial charge is 0.492 e. The fourth-order valence-corrected chi connectivity index (χ4v) is 5.16. The van der Waals surface area contributed by atoms with Crippen LogP contribution in [-0.4, -0.2) is 19.7 Å². The molecule has 1 aliphatic carbocycles. The molecule has 1 aliphatic heterocycles. The minimum Gasteiger partial charge on any atom is -0.492 e. The monoisotopic (exact) mass is 428 g/mol. The summed E-state index contributed by atoms with van der Waals surface area (Å²) in [5.74, 6) is 1.43. The molecule has 0 N–H and O–H groups in total. The third-order valence-corrected chi connectivity index (χ3v) is 6.75. The zero-order valence-electron chi connectivity index (χ0n) is 18.8. The number of aryl methyl sites for hydroxylation is 2. The van der Waals surface area contributed by atoms with Gasteiger partial charge < -0.3 is 14.2 Å². The maximum absolute atomic E-state index is 11.7. The topological polar surface area (TPSA) is 44.8 Å². The van der Waals surface area contributed by atoms with Gasteiger partial charge in [0.1, 0.15) is 17.6 Å². The highest BCUT2D eigenvalue weighted by molar-refractivity contribution is 5.75. The van der Waals surface area contributed by atoms with Gasteiger partial charge >= 0.3 is 5.97 Å². The molecular weight excluding hydrogens is 400 g/mol. The first-order valence-corrected chi connectivity index (χ1v) is 11.2. The summed E-state index contributed by atoms with van der Waals surface area (Å²) in [6, 6.07) is 19.0. The molecular formula is C28H28O4. The second-order valence-electron chi connectivity index (χ2n) is 8.77. The summed E-state index contributed by atoms with van der Waals surface area (Å²) in [6.45, 7) is 4.87. The molecule has 1 heterocycles. The van der Waals surface area contributed by atoms with Crippen LogP contribution in [0, 0.1) is 13.8 Å². The molecule has 164 valence electrons. The lowest BCUT2D eigenvalue weighted by molar-refractivity contribution is -0.141. The van der Waals surface area contributed by atoms with E-state index in [1.807, 2.05) is 18.2 Å². The van der Waals surface area contributed by atoms with Crippen LogP contribution in [0.25, 0.3) is 11.1 Å². The molecule has 0 saturated carbocycles. The minimum atomic E-state index is -0.214. The molecule has 32 heavy (non-hydrogen) atoms. The number of carbonyl (C=O) groups excluding carboxylic acids is 1. The number of carbonyl (C=O) groups is 1. The van der Waals surface area contributed by atoms with Crippen molar-refractivity contribution >= 4 is 5.97 Å². The quantitative estimate of drug-likeness (QED) is 0.462. The van der Waals surface area contributed by atoms with Crippen LogP contribution in [0.4, 0.5) is 0 Å². The zero-order chi connectivity index (χ0) is 22.2. The maximum atomic E-state index is 11.7. The normalized spacial score (nSPS) is 18.6. The fourth-order valence-electron chi connectivity index (χ4n) is 5.16. The number of hydrogen-bond donors (Lipinski definition) is 0. The summed E-state index contributed by atoms with van der Waals surface area (Å²) in [5, 5.41) is 0. The van der Waals surface area contributed by atoms with Crippen molar-refractivity contribution in [3.63, 3.8) is 0 Å². The van der Waals surface area contributed by atoms with E-state index in [1.54, 1.807) is 0 Å². The van der Waals surface area contributed by atoms with Crippen LogP contribution in [-0.2, 0) is 16.0 Å². The SMILES string of the molecule is COC(=O)CC1COc2cc(O[C@@H]3CCc4c(-c5c(C)cccc5C)cccc43)ccc21. The van der Waals surface area contributed by atoms with E-state index in [-0.39, 0.29) is 18.0 Å². The molecule has 2 atom stereocenters. The second kappa shape index (κ2) is 8.34. The van der Waals surface area contributed by atoms with Gasteiger partial charge in [0.2, 0.25) is 0 Å². The van der Waals surface area contributed by atoms with E-state index >= 15 is 0 Å². The predicted molar refractivity (Wildman–Crippen MR) is 124 cm³/mol. The minimum absolute atomic E-state index is 0.0274. The molecule has 4 heteroatoms. The lowest BCUT2D eigenvalue weighted by atomic mass is 9.91. The average molecular weight is 429 g/mol. The lowest BCUT2D eigenvalue weighted by Gasteiger charge is -2.18. The van der Waals surface area contributed by atoms with E-state index < -0.39 is 0 Å². The van der Waals surface area contributed by atoms with E-state index in [4.69, 9.17) is 14.2 Å². The molecule has 0 amide bonds. The number of fused-ring (bicyclic) bond motifs is 2. The molecule has 0 bridgehead atoms. The summed E-state index contributed by atoms with van der Waals surface area (Å²) in [5.41, 5.74) is 8.99. The number of benzene rings is 3. The van der Waals surface area contributed by atoms with Crippen LogP contribution in [0.5, 0.6) is 11.5 Å². The molecule has 4 nitrogen and oxygen atoms in total. The Balaban J connectivity index is 1.39. The third kappa shape index (κ3) is 3.64. The van der Waals surface area contributed by atoms with Crippen molar-refractivity contribution in [2.24, 2.45) is 0 Å². The highest BCUT2D eigenvalue weighted by atomic mass is 16.5. The van der Waals surface area contributed by atoms with Gasteiger partial charge in [0.15, 0.2) is 0 Å². The van der Waals surface area contributed by atoms with Crippen molar-refractivity contribution in [1.29, 1.82) is 0 Å². The van der Waals surface area contributed by atoms with Gasteiger partial charge in [-0.1, -0.05) is 42.5 Å². The first-order chi connectivity index (χ1) is 15.5. The molecule has 2 aliphatic rings. The van der Waals surface area contributed by atoms with Gasteiger partial charge in [0, 0.05) is 17.5 Å². The molecule has 0 radical (unpaired) electrons. The van der Waals surface area contributed by atoms with Crippen molar-refractivity contribution in [3.8, 4) is 22.6 Å². The Hall–Kier alpha value is -3.27. The van der Waals surface area contributed by atoms with Crippen molar-refractivity contribution in [2.45, 2.75) is 45.1 Å². The highest BCUT2D eigenvalue weighted by Crippen LogP contribution is 2.43. The number of rotatable bonds is 5. The summed E-state index contributed by atoms with van der Waals surface area (Å²) in [6.07, 6.45) is 2.33. The molecule has 0 fully saturated rings. The Morgan fingerprint density at radius 3 is 2.59 bits per heavy atom. The van der Waals surface area contributed by atoms with Crippen LogP contribution in [0.1, 0.15) is 52.7 Å². The van der Waals surface area contributed by atoms with Gasteiger partial charge in [-0.2, -0.15) is 0 Å². The fraction of sp³-hybridized carbons (Fsp3) is 0.321. The average Bonchev–Trinajstić information content (AvgIpc) is 3.38. The molecule has 3 aromatic carbocycles. The smallest absolute Gasteiger partial charge is 0.306 e. The summed E-state index contributed by atoms with van der Waals surface area (Å²) < 4.78 is 17.1. The van der Waals surface area contributed by atoms with Crippen LogP contribution < -0.4 is 9.47 Å². The Labute approximate surface area is 189 Å². The van der Waals surface area contributed by atoms with E-state index in [0.29, 0.717) is 13.0 Å². The summed E-state index contributed by atoms with van der Waals surface area (Å²) in [7, 11) is 1.42. The summed E-state index contributed by atoms with van der Waals surface area (Å²) in [4.78, 5) is 11.7. The maximum Gasteiger partial charge on any atom is 0.306 e. The second-order valence-corrected chi connectivity index (χ2v) is 8.77. The first-order valence-electron chi connectivity index (χ1n) is 11.2. The van der Waals surface area contributed by atoms with Crippen LogP contribution in [0.15, 0.2) is 54.6 Å². The predicted octanol–water partition coefficient (Wildman–Crippen LogP) is 6.08. The molecule has 0 spiro atoms. The Kier molecular flexibility index (Phi) is 5.38. The first kappa shape index (κ1) is 20.6. The Bertz CT molecular complexity index is 1160. The molecule has 3 aromatic rings. The number of methoxy groups -OCH3 is 1. The van der Waals surface area contributed by atoms with Crippen molar-refractivity contribution in [1.82, 2.24) is 0 Å². The van der Waals surface area contributed by atoms with Crippen LogP contribution in [0.3, 0.4) is 0 Å². The Morgan fingerprint density at radius 1 is 1.03 bits per heavy atom. The molecule has 0 saturated heterocycles. The van der Waals surface area contributed by atoms with Crippen LogP contribution >= 0.6 is 0 Å². The Morgan fingerprint density at radius 2 is 1.81 bits per heavy atom. The van der Waals surface area contributed by atoms with Gasteiger partial charge in [-0.3, -0.25) is 4.79 Å². The molecule has 5 rings (SSSR count). The molecule has 1 unspecified atom stereocenters. The van der Waals surface area contributed by atoms with Crippen molar-refractivity contribution < 1.29 is 19.0 Å². The lowest BCUT2D eigenvalue weighted by Crippen LogP contribution is -2.09. The number of ether oxygens (including phenoxy) is 3. The van der Waals surface area contributed by atoms with Crippen LogP contribution in [0.2, 0.25) is 0 Å². The standard InChI is InChI=1S/C28H28O4/c1-17-6-4-7-18(2)28(17)24-9-5-8-23-22(24)12-13-25(23)32-20-10-11-21-19(14-27(29)30-3)16-31-26(21)15-20/h4-11,15,19,25H,12-14,16H2,1-3H3/t19?,25-/m1/s1. The van der Waals surface area contributed by atoms with Gasteiger partial charge in [0.25, 0.3) is 0 Å². The third-order valence-electron chi connectivity index (χ3n) is 6.75. The van der Waals surface area contributed by atoms with Gasteiger partial charge in [-0.25, -0.2) is 0 Å². The zero-order valence-corrected chi connectivity index (χ0v) is 18.8. The van der Waals surface area contributed by atoms with Gasteiger partial charge in [-0.15, -0.1) is 0 Å². The van der Waals surface area contributed by atoms with Gasteiger partial charge in [0.05, 0.1) is 20.1 Å². The van der Waals surface area contributed by atoms with Gasteiger partial charge in [-0.05, 0) is 66.1 Å². The van der Waals surface area contributed by atoms with E-state index in [0.717, 1.165) is 29.9 Å². The number of esters is 1. The summed E-state index contributed by atoms with van der Waals surface area (Å²) >= 11 is 0. The van der Waals surface area contributed by atoms with Crippen molar-refractivity contribution in [2.75, 3.05) is 13.7 Å². The molecule has 0 aromatic heterocycles. The van der Waals surface area contributed by atoms with E-state index in [2.05, 4.69) is 50.2 Å². The number of hydrogen-bond acceptors (Lipinski definition) is 4. The highest BCUT2D eigenvalue weighted by Gasteiger charge is 2.30. The van der Waals surface area contributed by atoms with Crippen molar-refractivity contribution in [3.05, 3.63) is 82.4 Å².